The predicted octanol–water partition coefficient (Wildman–Crippen LogP) is -1.43. The number of hydrogen-bond donors (Lipinski definition) is 2. The van der Waals surface area contributed by atoms with E-state index in [0.717, 1.165) is 0 Å². The van der Waals surface area contributed by atoms with Crippen molar-refractivity contribution in [2.75, 3.05) is 19.5 Å². The van der Waals surface area contributed by atoms with Crippen molar-refractivity contribution in [3.05, 3.63) is 20.7 Å². The normalized spacial score (nSPS) is 12.7. The van der Waals surface area contributed by atoms with Crippen LogP contribution in [0.25, 0.3) is 0 Å². The van der Waals surface area contributed by atoms with Gasteiger partial charge in [-0.15, -0.1) is 0 Å². The third-order valence-electron chi connectivity index (χ3n) is 1.71. The number of H-pyrrole nitrogens is 1. The number of hydrogen-bond acceptors (Lipinski definition) is 6. The maximum Gasteiger partial charge on any atom is 0.339 e. The van der Waals surface area contributed by atoms with Crippen molar-refractivity contribution in [1.29, 1.82) is 0 Å². The van der Waals surface area contributed by atoms with Crippen LogP contribution in [-0.4, -0.2) is 45.4 Å². The van der Waals surface area contributed by atoms with E-state index in [9.17, 15) is 14.7 Å². The molecular formula is C8H13N3O4S. The molecule has 0 fully saturated rings. The second kappa shape index (κ2) is 5.83. The average Bonchev–Trinajstić information content (AvgIpc) is 2.22. The van der Waals surface area contributed by atoms with Gasteiger partial charge in [0.1, 0.15) is 0 Å². The number of aryl methyl sites for hydroxylation is 1. The number of aromatic amines is 1. The van der Waals surface area contributed by atoms with E-state index in [4.69, 9.17) is 4.74 Å². The number of nitrogens with zero attached hydrogens (tertiary/aromatic N) is 2. The fourth-order valence-electron chi connectivity index (χ4n) is 1.00. The van der Waals surface area contributed by atoms with Gasteiger partial charge in [-0.25, -0.2) is 0 Å². The van der Waals surface area contributed by atoms with Crippen molar-refractivity contribution in [3.63, 3.8) is 0 Å². The van der Waals surface area contributed by atoms with Crippen LogP contribution in [0.4, 0.5) is 0 Å². The third kappa shape index (κ3) is 3.47. The zero-order valence-corrected chi connectivity index (χ0v) is 9.78. The zero-order chi connectivity index (χ0) is 12.1. The van der Waals surface area contributed by atoms with Gasteiger partial charge in [0.05, 0.1) is 12.7 Å². The molecule has 1 heterocycles. The lowest BCUT2D eigenvalue weighted by molar-refractivity contribution is 0.0793. The summed E-state index contributed by atoms with van der Waals surface area (Å²) in [6.07, 6.45) is -0.640. The lowest BCUT2D eigenvalue weighted by atomic mass is 10.4. The van der Waals surface area contributed by atoms with E-state index in [1.807, 2.05) is 0 Å². The summed E-state index contributed by atoms with van der Waals surface area (Å²) >= 11 is 1.17. The zero-order valence-electron chi connectivity index (χ0n) is 8.97. The highest BCUT2D eigenvalue weighted by molar-refractivity contribution is 7.99. The molecule has 1 rings (SSSR count). The molecule has 1 unspecified atom stereocenters. The monoisotopic (exact) mass is 247 g/mol. The first-order valence-corrected chi connectivity index (χ1v) is 5.50. The average molecular weight is 247 g/mol. The van der Waals surface area contributed by atoms with Gasteiger partial charge in [-0.1, -0.05) is 11.8 Å². The van der Waals surface area contributed by atoms with Gasteiger partial charge in [0.2, 0.25) is 0 Å². The summed E-state index contributed by atoms with van der Waals surface area (Å²) in [5, 5.41) is 12.1. The smallest absolute Gasteiger partial charge is 0.339 e. The summed E-state index contributed by atoms with van der Waals surface area (Å²) in [6, 6.07) is 0. The van der Waals surface area contributed by atoms with Crippen molar-refractivity contribution >= 4 is 11.8 Å². The molecule has 1 atom stereocenters. The Morgan fingerprint density at radius 1 is 1.62 bits per heavy atom. The quantitative estimate of drug-likeness (QED) is 0.489. The number of methoxy groups -OCH3 is 1. The number of rotatable bonds is 5. The maximum atomic E-state index is 11.0. The number of aliphatic hydroxyl groups excluding tert-OH is 1. The van der Waals surface area contributed by atoms with Crippen molar-refractivity contribution in [2.45, 2.75) is 11.3 Å². The second-order valence-electron chi connectivity index (χ2n) is 3.12. The molecule has 8 heteroatoms. The molecule has 0 aliphatic rings. The van der Waals surface area contributed by atoms with Crippen LogP contribution < -0.4 is 11.1 Å². The summed E-state index contributed by atoms with van der Waals surface area (Å²) < 4.78 is 6.10. The minimum Gasteiger partial charge on any atom is -0.390 e. The van der Waals surface area contributed by atoms with Crippen LogP contribution >= 0.6 is 11.8 Å². The second-order valence-corrected chi connectivity index (χ2v) is 4.11. The Labute approximate surface area is 95.4 Å². The lowest BCUT2D eigenvalue weighted by Crippen LogP contribution is -2.34. The summed E-state index contributed by atoms with van der Waals surface area (Å²) in [7, 11) is 3.06. The lowest BCUT2D eigenvalue weighted by Gasteiger charge is -2.09. The third-order valence-corrected chi connectivity index (χ3v) is 2.89. The topological polar surface area (TPSA) is 97.2 Å². The van der Waals surface area contributed by atoms with Crippen LogP contribution in [-0.2, 0) is 11.8 Å². The SMILES string of the molecule is COCC(O)CSc1nc(=O)c(=O)[nH]n1C. The molecule has 0 saturated heterocycles. The van der Waals surface area contributed by atoms with Crippen LogP contribution in [0.2, 0.25) is 0 Å². The first kappa shape index (κ1) is 12.9. The maximum absolute atomic E-state index is 11.0. The highest BCUT2D eigenvalue weighted by atomic mass is 32.2. The number of thioether (sulfide) groups is 1. The highest BCUT2D eigenvalue weighted by Crippen LogP contribution is 2.12. The Morgan fingerprint density at radius 2 is 2.31 bits per heavy atom. The Bertz CT molecular complexity index is 455. The van der Waals surface area contributed by atoms with Crippen molar-refractivity contribution in [2.24, 2.45) is 7.05 Å². The Hall–Kier alpha value is -1.12. The first-order chi connectivity index (χ1) is 7.54. The fraction of sp³-hybridized carbons (Fsp3) is 0.625. The van der Waals surface area contributed by atoms with Gasteiger partial charge < -0.3 is 9.84 Å². The van der Waals surface area contributed by atoms with Crippen LogP contribution in [0.5, 0.6) is 0 Å². The summed E-state index contributed by atoms with van der Waals surface area (Å²) in [5.74, 6) is 0.333. The van der Waals surface area contributed by atoms with Gasteiger partial charge in [-0.05, 0) is 0 Å². The minimum atomic E-state index is -0.832. The van der Waals surface area contributed by atoms with E-state index in [2.05, 4.69) is 10.1 Å². The van der Waals surface area contributed by atoms with Crippen molar-refractivity contribution in [3.8, 4) is 0 Å². The molecule has 7 nitrogen and oxygen atoms in total. The van der Waals surface area contributed by atoms with Crippen LogP contribution in [0.1, 0.15) is 0 Å². The number of nitrogens with one attached hydrogen (secondary N) is 1. The molecule has 16 heavy (non-hydrogen) atoms. The van der Waals surface area contributed by atoms with Gasteiger partial charge in [0.25, 0.3) is 0 Å². The summed E-state index contributed by atoms with van der Waals surface area (Å²) in [6.45, 7) is 0.213. The van der Waals surface area contributed by atoms with Crippen molar-refractivity contribution in [1.82, 2.24) is 14.8 Å². The molecule has 90 valence electrons. The predicted molar refractivity (Wildman–Crippen MR) is 58.7 cm³/mol. The van der Waals surface area contributed by atoms with E-state index in [0.29, 0.717) is 10.9 Å². The molecule has 1 aromatic rings. The van der Waals surface area contributed by atoms with Crippen LogP contribution in [0, 0.1) is 0 Å². The van der Waals surface area contributed by atoms with Gasteiger partial charge in [0, 0.05) is 19.9 Å². The Kier molecular flexibility index (Phi) is 4.71. The van der Waals surface area contributed by atoms with Crippen LogP contribution in [0.15, 0.2) is 14.7 Å². The molecule has 0 aliphatic carbocycles. The molecule has 0 saturated carbocycles. The standard InChI is InChI=1S/C8H13N3O4S/c1-11-8(9-6(13)7(14)10-11)16-4-5(12)3-15-2/h5,12H,3-4H2,1-2H3,(H,10,14). The number of aliphatic hydroxyl groups is 1. The van der Waals surface area contributed by atoms with E-state index >= 15 is 0 Å². The molecule has 0 aromatic carbocycles. The Balaban J connectivity index is 2.71. The van der Waals surface area contributed by atoms with E-state index in [1.165, 1.54) is 23.6 Å². The van der Waals surface area contributed by atoms with Gasteiger partial charge >= 0.3 is 11.1 Å². The first-order valence-electron chi connectivity index (χ1n) is 4.51. The van der Waals surface area contributed by atoms with E-state index in [1.54, 1.807) is 7.05 Å². The molecule has 1 aromatic heterocycles. The molecule has 0 aliphatic heterocycles. The molecule has 2 N–H and O–H groups in total. The van der Waals surface area contributed by atoms with Gasteiger partial charge in [-0.3, -0.25) is 19.4 Å². The molecular weight excluding hydrogens is 234 g/mol. The summed E-state index contributed by atoms with van der Waals surface area (Å²) in [4.78, 5) is 25.5. The number of ether oxygens (including phenoxy) is 1. The molecule has 0 amide bonds. The van der Waals surface area contributed by atoms with Crippen LogP contribution in [0.3, 0.4) is 0 Å². The van der Waals surface area contributed by atoms with Gasteiger partial charge in [0.15, 0.2) is 5.16 Å². The fourth-order valence-corrected chi connectivity index (χ4v) is 1.83. The molecule has 0 spiro atoms. The van der Waals surface area contributed by atoms with Gasteiger partial charge in [-0.2, -0.15) is 4.98 Å². The Morgan fingerprint density at radius 3 is 2.94 bits per heavy atom. The largest absolute Gasteiger partial charge is 0.390 e. The summed E-state index contributed by atoms with van der Waals surface area (Å²) in [5.41, 5.74) is -1.59. The highest BCUT2D eigenvalue weighted by Gasteiger charge is 2.08. The molecule has 0 radical (unpaired) electrons. The van der Waals surface area contributed by atoms with Crippen molar-refractivity contribution < 1.29 is 9.84 Å². The van der Waals surface area contributed by atoms with E-state index < -0.39 is 17.2 Å². The minimum absolute atomic E-state index is 0.213. The van der Waals surface area contributed by atoms with E-state index in [-0.39, 0.29) is 6.61 Å². The number of aromatic nitrogens is 3. The molecule has 0 bridgehead atoms.